The van der Waals surface area contributed by atoms with Crippen molar-refractivity contribution in [3.05, 3.63) is 65.7 Å². The Kier molecular flexibility index (Phi) is 7.91. The van der Waals surface area contributed by atoms with Crippen LogP contribution in [0.4, 0.5) is 4.79 Å². The number of imide groups is 1. The van der Waals surface area contributed by atoms with Gasteiger partial charge in [0.25, 0.3) is 0 Å². The number of rotatable bonds is 8. The van der Waals surface area contributed by atoms with Crippen LogP contribution in [-0.4, -0.2) is 40.4 Å². The molecule has 2 amide bonds. The lowest BCUT2D eigenvalue weighted by molar-refractivity contribution is -0.136. The molecule has 2 aromatic rings. The average Bonchev–Trinajstić information content (AvgIpc) is 2.73. The van der Waals surface area contributed by atoms with E-state index in [0.29, 0.717) is 11.8 Å². The van der Waals surface area contributed by atoms with Gasteiger partial charge in [-0.3, -0.25) is 4.79 Å². The molecule has 2 aromatic carbocycles. The van der Waals surface area contributed by atoms with Gasteiger partial charge in [-0.05, 0) is 29.2 Å². The van der Waals surface area contributed by atoms with E-state index in [-0.39, 0.29) is 24.7 Å². The summed E-state index contributed by atoms with van der Waals surface area (Å²) >= 11 is 0. The molecule has 0 spiro atoms. The predicted octanol–water partition coefficient (Wildman–Crippen LogP) is 2.65. The number of carbonyl (C=O) groups is 3. The summed E-state index contributed by atoms with van der Waals surface area (Å²) in [4.78, 5) is 38.2. The minimum absolute atomic E-state index is 0.0366. The second kappa shape index (κ2) is 10.4. The summed E-state index contributed by atoms with van der Waals surface area (Å²) in [6.07, 6.45) is -0.312. The number of ether oxygens (including phenoxy) is 1. The SMILES string of the molecule is CC(C)[C@H](N)C(=O)N(C(=O)OCc1ccccc1)[C@H](C=O)Cc1ccc(O)cc1. The van der Waals surface area contributed by atoms with Crippen LogP contribution in [0.2, 0.25) is 0 Å². The fourth-order valence-electron chi connectivity index (χ4n) is 2.70. The number of nitrogens with two attached hydrogens (primary N) is 1. The van der Waals surface area contributed by atoms with Crippen molar-refractivity contribution >= 4 is 18.3 Å². The van der Waals surface area contributed by atoms with Crippen molar-refractivity contribution in [3.8, 4) is 5.75 Å². The molecule has 3 N–H and O–H groups in total. The van der Waals surface area contributed by atoms with E-state index >= 15 is 0 Å². The monoisotopic (exact) mass is 398 g/mol. The zero-order chi connectivity index (χ0) is 21.4. The molecule has 7 nitrogen and oxygen atoms in total. The Balaban J connectivity index is 2.23. The molecular formula is C22H26N2O5. The average molecular weight is 398 g/mol. The van der Waals surface area contributed by atoms with Crippen molar-refractivity contribution in [3.63, 3.8) is 0 Å². The maximum Gasteiger partial charge on any atom is 0.417 e. The van der Waals surface area contributed by atoms with Gasteiger partial charge < -0.3 is 20.4 Å². The maximum absolute atomic E-state index is 12.9. The molecular weight excluding hydrogens is 372 g/mol. The van der Waals surface area contributed by atoms with E-state index in [2.05, 4.69) is 0 Å². The summed E-state index contributed by atoms with van der Waals surface area (Å²) in [6, 6.07) is 13.1. The van der Waals surface area contributed by atoms with Crippen LogP contribution < -0.4 is 5.73 Å². The zero-order valence-electron chi connectivity index (χ0n) is 16.5. The molecule has 0 radical (unpaired) electrons. The van der Waals surface area contributed by atoms with Crippen molar-refractivity contribution in [2.45, 2.75) is 39.0 Å². The van der Waals surface area contributed by atoms with E-state index < -0.39 is 24.1 Å². The van der Waals surface area contributed by atoms with Gasteiger partial charge in [0.2, 0.25) is 5.91 Å². The van der Waals surface area contributed by atoms with Crippen LogP contribution in [-0.2, 0) is 27.4 Å². The Hall–Kier alpha value is -3.19. The minimum atomic E-state index is -1.08. The molecule has 0 aliphatic carbocycles. The third-order valence-corrected chi connectivity index (χ3v) is 4.51. The lowest BCUT2D eigenvalue weighted by Gasteiger charge is -2.29. The van der Waals surface area contributed by atoms with Crippen molar-refractivity contribution in [2.24, 2.45) is 11.7 Å². The van der Waals surface area contributed by atoms with Crippen molar-refractivity contribution in [2.75, 3.05) is 0 Å². The largest absolute Gasteiger partial charge is 0.508 e. The van der Waals surface area contributed by atoms with Crippen LogP contribution in [0.15, 0.2) is 54.6 Å². The summed E-state index contributed by atoms with van der Waals surface area (Å²) in [5.74, 6) is -0.824. The molecule has 154 valence electrons. The molecule has 0 aliphatic rings. The molecule has 29 heavy (non-hydrogen) atoms. The Bertz CT molecular complexity index is 821. The van der Waals surface area contributed by atoms with E-state index in [1.807, 2.05) is 6.07 Å². The molecule has 7 heteroatoms. The smallest absolute Gasteiger partial charge is 0.417 e. The van der Waals surface area contributed by atoms with E-state index in [1.165, 1.54) is 12.1 Å². The number of benzene rings is 2. The van der Waals surface area contributed by atoms with Crippen LogP contribution in [0, 0.1) is 5.92 Å². The van der Waals surface area contributed by atoms with Crippen molar-refractivity contribution in [1.29, 1.82) is 0 Å². The molecule has 0 saturated carbocycles. The summed E-state index contributed by atoms with van der Waals surface area (Å²) in [7, 11) is 0. The highest BCUT2D eigenvalue weighted by molar-refractivity contribution is 5.97. The van der Waals surface area contributed by atoms with Gasteiger partial charge in [0.1, 0.15) is 24.7 Å². The van der Waals surface area contributed by atoms with E-state index in [9.17, 15) is 19.5 Å². The standard InChI is InChI=1S/C22H26N2O5/c1-15(2)20(23)21(27)24(22(28)29-14-17-6-4-3-5-7-17)18(13-25)12-16-8-10-19(26)11-9-16/h3-11,13,15,18,20,26H,12,14,23H2,1-2H3/t18-,20-/m0/s1. The lowest BCUT2D eigenvalue weighted by Crippen LogP contribution is -2.54. The molecule has 0 fully saturated rings. The summed E-state index contributed by atoms with van der Waals surface area (Å²) in [5.41, 5.74) is 7.39. The first-order chi connectivity index (χ1) is 13.8. The second-order valence-corrected chi connectivity index (χ2v) is 7.09. The van der Waals surface area contributed by atoms with Gasteiger partial charge in [-0.25, -0.2) is 9.69 Å². The number of phenols is 1. The van der Waals surface area contributed by atoms with Gasteiger partial charge in [-0.2, -0.15) is 0 Å². The van der Waals surface area contributed by atoms with Crippen LogP contribution >= 0.6 is 0 Å². The fraction of sp³-hybridized carbons (Fsp3) is 0.318. The Morgan fingerprint density at radius 3 is 2.24 bits per heavy atom. The normalized spacial score (nSPS) is 12.8. The van der Waals surface area contributed by atoms with Crippen molar-refractivity contribution in [1.82, 2.24) is 4.90 Å². The first-order valence-corrected chi connectivity index (χ1v) is 9.36. The number of hydrogen-bond donors (Lipinski definition) is 2. The first-order valence-electron chi connectivity index (χ1n) is 9.36. The molecule has 0 saturated heterocycles. The van der Waals surface area contributed by atoms with E-state index in [1.54, 1.807) is 50.2 Å². The van der Waals surface area contributed by atoms with Crippen LogP contribution in [0.5, 0.6) is 5.75 Å². The molecule has 2 rings (SSSR count). The second-order valence-electron chi connectivity index (χ2n) is 7.09. The highest BCUT2D eigenvalue weighted by atomic mass is 16.6. The van der Waals surface area contributed by atoms with E-state index in [0.717, 1.165) is 10.5 Å². The van der Waals surface area contributed by atoms with Gasteiger partial charge in [-0.1, -0.05) is 56.3 Å². The van der Waals surface area contributed by atoms with Gasteiger partial charge >= 0.3 is 6.09 Å². The lowest BCUT2D eigenvalue weighted by atomic mass is 10.0. The third-order valence-electron chi connectivity index (χ3n) is 4.51. The van der Waals surface area contributed by atoms with Crippen molar-refractivity contribution < 1.29 is 24.2 Å². The molecule has 0 aromatic heterocycles. The van der Waals surface area contributed by atoms with Crippen LogP contribution in [0.1, 0.15) is 25.0 Å². The number of carbonyl (C=O) groups excluding carboxylic acids is 3. The van der Waals surface area contributed by atoms with Gasteiger partial charge in [0, 0.05) is 6.42 Å². The quantitative estimate of drug-likeness (QED) is 0.662. The highest BCUT2D eigenvalue weighted by Gasteiger charge is 2.35. The molecule has 0 heterocycles. The zero-order valence-corrected chi connectivity index (χ0v) is 16.5. The number of hydrogen-bond acceptors (Lipinski definition) is 6. The molecule has 2 atom stereocenters. The molecule has 0 unspecified atom stereocenters. The third kappa shape index (κ3) is 6.15. The first kappa shape index (κ1) is 22.1. The summed E-state index contributed by atoms with van der Waals surface area (Å²) < 4.78 is 5.29. The Labute approximate surface area is 170 Å². The fourth-order valence-corrected chi connectivity index (χ4v) is 2.70. The number of amides is 2. The highest BCUT2D eigenvalue weighted by Crippen LogP contribution is 2.16. The summed E-state index contributed by atoms with van der Waals surface area (Å²) in [6.45, 7) is 3.48. The topological polar surface area (TPSA) is 110 Å². The minimum Gasteiger partial charge on any atom is -0.508 e. The number of nitrogens with zero attached hydrogens (tertiary/aromatic N) is 1. The Morgan fingerprint density at radius 1 is 1.07 bits per heavy atom. The molecule has 0 bridgehead atoms. The van der Waals surface area contributed by atoms with Crippen LogP contribution in [0.3, 0.4) is 0 Å². The Morgan fingerprint density at radius 2 is 1.69 bits per heavy atom. The number of aromatic hydroxyl groups is 1. The van der Waals surface area contributed by atoms with Gasteiger partial charge in [0.15, 0.2) is 0 Å². The van der Waals surface area contributed by atoms with Gasteiger partial charge in [-0.15, -0.1) is 0 Å². The van der Waals surface area contributed by atoms with Crippen LogP contribution in [0.25, 0.3) is 0 Å². The maximum atomic E-state index is 12.9. The predicted molar refractivity (Wildman–Crippen MR) is 108 cm³/mol. The molecule has 0 aliphatic heterocycles. The number of aldehydes is 1. The van der Waals surface area contributed by atoms with Gasteiger partial charge in [0.05, 0.1) is 6.04 Å². The summed E-state index contributed by atoms with van der Waals surface area (Å²) in [5, 5.41) is 9.42. The number of phenolic OH excluding ortho intramolecular Hbond substituents is 1. The van der Waals surface area contributed by atoms with E-state index in [4.69, 9.17) is 10.5 Å².